The van der Waals surface area contributed by atoms with Crippen molar-refractivity contribution in [2.75, 3.05) is 12.4 Å². The molecule has 0 fully saturated rings. The first-order chi connectivity index (χ1) is 9.20. The Kier molecular flexibility index (Phi) is 4.77. The third-order valence-electron chi connectivity index (χ3n) is 2.86. The highest BCUT2D eigenvalue weighted by Gasteiger charge is 2.04. The van der Waals surface area contributed by atoms with Gasteiger partial charge in [-0.15, -0.1) is 0 Å². The average molecular weight is 277 g/mol. The third kappa shape index (κ3) is 3.69. The molecular weight excluding hydrogens is 260 g/mol. The molecule has 0 bridgehead atoms. The molecule has 1 N–H and O–H groups in total. The van der Waals surface area contributed by atoms with Crippen LogP contribution in [0.1, 0.15) is 16.7 Å². The summed E-state index contributed by atoms with van der Waals surface area (Å²) in [5.74, 6) is 0. The topological polar surface area (TPSA) is 34.1 Å². The Bertz CT molecular complexity index is 558. The van der Waals surface area contributed by atoms with Crippen LogP contribution in [0.5, 0.6) is 0 Å². The maximum absolute atomic E-state index is 6.07. The quantitative estimate of drug-likeness (QED) is 0.844. The van der Waals surface area contributed by atoms with Gasteiger partial charge in [0.15, 0.2) is 5.15 Å². The lowest BCUT2D eigenvalue weighted by Crippen LogP contribution is -2.04. The summed E-state index contributed by atoms with van der Waals surface area (Å²) in [4.78, 5) is 4.13. The molecule has 0 atom stereocenters. The number of rotatable bonds is 5. The SMILES string of the molecule is COCc1ccccc1CNc1cc(C)cnc1Cl. The number of ether oxygens (including phenoxy) is 1. The number of aromatic nitrogens is 1. The number of benzene rings is 1. The number of nitrogens with one attached hydrogen (secondary N) is 1. The van der Waals surface area contributed by atoms with Gasteiger partial charge >= 0.3 is 0 Å². The Hall–Kier alpha value is -1.58. The Morgan fingerprint density at radius 2 is 2.00 bits per heavy atom. The molecule has 2 aromatic rings. The van der Waals surface area contributed by atoms with Crippen molar-refractivity contribution in [1.29, 1.82) is 0 Å². The molecule has 1 aromatic carbocycles. The molecule has 1 aromatic heterocycles. The molecule has 3 nitrogen and oxygen atoms in total. The van der Waals surface area contributed by atoms with Gasteiger partial charge < -0.3 is 10.1 Å². The summed E-state index contributed by atoms with van der Waals surface area (Å²) in [6.07, 6.45) is 1.76. The number of nitrogens with zero attached hydrogens (tertiary/aromatic N) is 1. The van der Waals surface area contributed by atoms with E-state index in [9.17, 15) is 0 Å². The number of hydrogen-bond acceptors (Lipinski definition) is 3. The summed E-state index contributed by atoms with van der Waals surface area (Å²) >= 11 is 6.07. The number of aryl methyl sites for hydroxylation is 1. The van der Waals surface area contributed by atoms with Crippen molar-refractivity contribution < 1.29 is 4.74 Å². The van der Waals surface area contributed by atoms with Crippen molar-refractivity contribution in [2.24, 2.45) is 0 Å². The predicted molar refractivity (Wildman–Crippen MR) is 78.5 cm³/mol. The molecule has 4 heteroatoms. The van der Waals surface area contributed by atoms with Crippen molar-refractivity contribution in [3.05, 3.63) is 58.4 Å². The van der Waals surface area contributed by atoms with E-state index in [0.717, 1.165) is 11.3 Å². The van der Waals surface area contributed by atoms with Crippen LogP contribution in [-0.4, -0.2) is 12.1 Å². The van der Waals surface area contributed by atoms with E-state index in [-0.39, 0.29) is 0 Å². The van der Waals surface area contributed by atoms with Gasteiger partial charge in [-0.25, -0.2) is 4.98 Å². The number of methoxy groups -OCH3 is 1. The Morgan fingerprint density at radius 3 is 2.74 bits per heavy atom. The molecule has 0 radical (unpaired) electrons. The van der Waals surface area contributed by atoms with Gasteiger partial charge in [-0.2, -0.15) is 0 Å². The van der Waals surface area contributed by atoms with E-state index >= 15 is 0 Å². The van der Waals surface area contributed by atoms with Crippen LogP contribution in [-0.2, 0) is 17.9 Å². The maximum Gasteiger partial charge on any atom is 0.152 e. The summed E-state index contributed by atoms with van der Waals surface area (Å²) in [5.41, 5.74) is 4.31. The van der Waals surface area contributed by atoms with Crippen LogP contribution >= 0.6 is 11.6 Å². The summed E-state index contributed by atoms with van der Waals surface area (Å²) in [7, 11) is 1.70. The number of hydrogen-bond donors (Lipinski definition) is 1. The van der Waals surface area contributed by atoms with Crippen molar-refractivity contribution in [1.82, 2.24) is 4.98 Å². The van der Waals surface area contributed by atoms with Crippen LogP contribution in [0.4, 0.5) is 5.69 Å². The molecule has 1 heterocycles. The van der Waals surface area contributed by atoms with Gasteiger partial charge in [-0.1, -0.05) is 35.9 Å². The van der Waals surface area contributed by atoms with Crippen molar-refractivity contribution in [3.63, 3.8) is 0 Å². The summed E-state index contributed by atoms with van der Waals surface area (Å²) in [5, 5.41) is 3.81. The summed E-state index contributed by atoms with van der Waals surface area (Å²) in [6, 6.07) is 10.2. The van der Waals surface area contributed by atoms with E-state index in [0.29, 0.717) is 18.3 Å². The lowest BCUT2D eigenvalue weighted by molar-refractivity contribution is 0.184. The van der Waals surface area contributed by atoms with Gasteiger partial charge in [0.1, 0.15) is 0 Å². The summed E-state index contributed by atoms with van der Waals surface area (Å²) < 4.78 is 5.20. The zero-order chi connectivity index (χ0) is 13.7. The number of pyridine rings is 1. The number of anilines is 1. The van der Waals surface area contributed by atoms with Crippen LogP contribution in [0.15, 0.2) is 36.5 Å². The lowest BCUT2D eigenvalue weighted by atomic mass is 10.1. The van der Waals surface area contributed by atoms with Crippen LogP contribution < -0.4 is 5.32 Å². The zero-order valence-corrected chi connectivity index (χ0v) is 11.9. The predicted octanol–water partition coefficient (Wildman–Crippen LogP) is 3.80. The normalized spacial score (nSPS) is 10.5. The average Bonchev–Trinajstić information content (AvgIpc) is 2.42. The summed E-state index contributed by atoms with van der Waals surface area (Å²) in [6.45, 7) is 3.30. The highest BCUT2D eigenvalue weighted by molar-refractivity contribution is 6.31. The minimum atomic E-state index is 0.495. The van der Waals surface area contributed by atoms with Gasteiger partial charge in [-0.05, 0) is 29.7 Å². The maximum atomic E-state index is 6.07. The number of halogens is 1. The molecule has 0 aliphatic heterocycles. The van der Waals surface area contributed by atoms with E-state index < -0.39 is 0 Å². The molecule has 0 unspecified atom stereocenters. The fraction of sp³-hybridized carbons (Fsp3) is 0.267. The molecule has 0 saturated carbocycles. The van der Waals surface area contributed by atoms with Crippen LogP contribution in [0.3, 0.4) is 0 Å². The van der Waals surface area contributed by atoms with Crippen molar-refractivity contribution >= 4 is 17.3 Å². The molecule has 2 rings (SSSR count). The second-order valence-corrected chi connectivity index (χ2v) is 4.76. The van der Waals surface area contributed by atoms with E-state index in [1.54, 1.807) is 13.3 Å². The fourth-order valence-corrected chi connectivity index (χ4v) is 2.06. The van der Waals surface area contributed by atoms with Crippen LogP contribution in [0.25, 0.3) is 0 Å². The molecule has 0 saturated heterocycles. The highest BCUT2D eigenvalue weighted by Crippen LogP contribution is 2.21. The zero-order valence-electron chi connectivity index (χ0n) is 11.1. The molecule has 100 valence electrons. The second kappa shape index (κ2) is 6.55. The Labute approximate surface area is 118 Å². The van der Waals surface area contributed by atoms with E-state index in [1.165, 1.54) is 11.1 Å². The minimum absolute atomic E-state index is 0.495. The molecule has 0 amide bonds. The van der Waals surface area contributed by atoms with Gasteiger partial charge in [-0.3, -0.25) is 0 Å². The van der Waals surface area contributed by atoms with Crippen LogP contribution in [0.2, 0.25) is 5.15 Å². The molecule has 19 heavy (non-hydrogen) atoms. The Morgan fingerprint density at radius 1 is 1.26 bits per heavy atom. The van der Waals surface area contributed by atoms with Gasteiger partial charge in [0.25, 0.3) is 0 Å². The lowest BCUT2D eigenvalue weighted by Gasteiger charge is -2.12. The van der Waals surface area contributed by atoms with Crippen LogP contribution in [0, 0.1) is 6.92 Å². The first kappa shape index (κ1) is 13.8. The monoisotopic (exact) mass is 276 g/mol. The van der Waals surface area contributed by atoms with Gasteiger partial charge in [0.2, 0.25) is 0 Å². The van der Waals surface area contributed by atoms with Crippen molar-refractivity contribution in [3.8, 4) is 0 Å². The molecule has 0 spiro atoms. The van der Waals surface area contributed by atoms with E-state index in [2.05, 4.69) is 22.4 Å². The van der Waals surface area contributed by atoms with Crippen molar-refractivity contribution in [2.45, 2.75) is 20.1 Å². The van der Waals surface area contributed by atoms with Gasteiger partial charge in [0, 0.05) is 19.9 Å². The molecule has 0 aliphatic rings. The molecule has 0 aliphatic carbocycles. The standard InChI is InChI=1S/C15H17ClN2O/c1-11-7-14(15(16)18-8-11)17-9-12-5-3-4-6-13(12)10-19-2/h3-8,17H,9-10H2,1-2H3. The largest absolute Gasteiger partial charge is 0.380 e. The third-order valence-corrected chi connectivity index (χ3v) is 3.16. The first-order valence-corrected chi connectivity index (χ1v) is 6.50. The second-order valence-electron chi connectivity index (χ2n) is 4.41. The fourth-order valence-electron chi connectivity index (χ4n) is 1.89. The van der Waals surface area contributed by atoms with E-state index in [1.807, 2.05) is 25.1 Å². The minimum Gasteiger partial charge on any atom is -0.380 e. The molecular formula is C15H17ClN2O. The van der Waals surface area contributed by atoms with E-state index in [4.69, 9.17) is 16.3 Å². The van der Waals surface area contributed by atoms with Gasteiger partial charge in [0.05, 0.1) is 12.3 Å². The Balaban J connectivity index is 2.12. The first-order valence-electron chi connectivity index (χ1n) is 6.12. The highest BCUT2D eigenvalue weighted by atomic mass is 35.5. The smallest absolute Gasteiger partial charge is 0.152 e.